The van der Waals surface area contributed by atoms with E-state index in [0.29, 0.717) is 31.9 Å². The number of nitrogens with one attached hydrogen (secondary N) is 2. The van der Waals surface area contributed by atoms with Gasteiger partial charge < -0.3 is 21.4 Å². The van der Waals surface area contributed by atoms with Crippen LogP contribution in [0.15, 0.2) is 30.5 Å². The lowest BCUT2D eigenvalue weighted by Crippen LogP contribution is -2.47. The molecule has 8 heteroatoms. The van der Waals surface area contributed by atoms with Crippen LogP contribution in [-0.4, -0.2) is 50.1 Å². The van der Waals surface area contributed by atoms with Gasteiger partial charge in [0.05, 0.1) is 12.6 Å². The molecule has 1 aliphatic heterocycles. The lowest BCUT2D eigenvalue weighted by atomic mass is 9.95. The van der Waals surface area contributed by atoms with Gasteiger partial charge in [0.15, 0.2) is 5.82 Å². The Balaban J connectivity index is 1.36. The van der Waals surface area contributed by atoms with Gasteiger partial charge in [-0.15, -0.1) is 0 Å². The number of likely N-dealkylation sites (tertiary alicyclic amines) is 1. The van der Waals surface area contributed by atoms with Gasteiger partial charge in [-0.2, -0.15) is 5.10 Å². The first-order valence-electron chi connectivity index (χ1n) is 9.36. The first-order chi connectivity index (χ1) is 13.2. The number of benzene rings is 1. The summed E-state index contributed by atoms with van der Waals surface area (Å²) >= 11 is 0. The summed E-state index contributed by atoms with van der Waals surface area (Å²) in [7, 11) is 0. The maximum atomic E-state index is 12.8. The molecule has 0 saturated carbocycles. The van der Waals surface area contributed by atoms with E-state index >= 15 is 0 Å². The second kappa shape index (κ2) is 7.50. The number of aromatic amines is 2. The fourth-order valence-corrected chi connectivity index (χ4v) is 3.80. The SMILES string of the molecule is NCc1nc(C2CCN(C(=O)[C@@H](N)Cc3c[nH]c4ccccc34)CC2)n[nH]1. The zero-order valence-electron chi connectivity index (χ0n) is 15.2. The Morgan fingerprint density at radius 3 is 2.81 bits per heavy atom. The maximum Gasteiger partial charge on any atom is 0.239 e. The topological polar surface area (TPSA) is 130 Å². The van der Waals surface area contributed by atoms with Crippen LogP contribution in [0.2, 0.25) is 0 Å². The van der Waals surface area contributed by atoms with Gasteiger partial charge in [0.1, 0.15) is 5.82 Å². The maximum absolute atomic E-state index is 12.8. The van der Waals surface area contributed by atoms with Crippen LogP contribution in [0.1, 0.15) is 36.0 Å². The number of piperidine rings is 1. The van der Waals surface area contributed by atoms with Crippen molar-refractivity contribution in [2.24, 2.45) is 11.5 Å². The second-order valence-corrected chi connectivity index (χ2v) is 7.11. The monoisotopic (exact) mass is 367 g/mol. The van der Waals surface area contributed by atoms with E-state index in [0.717, 1.165) is 35.1 Å². The number of fused-ring (bicyclic) bond motifs is 1. The molecule has 0 aliphatic carbocycles. The van der Waals surface area contributed by atoms with E-state index < -0.39 is 6.04 Å². The molecule has 4 rings (SSSR count). The Morgan fingerprint density at radius 1 is 1.30 bits per heavy atom. The molecule has 1 aliphatic rings. The second-order valence-electron chi connectivity index (χ2n) is 7.11. The van der Waals surface area contributed by atoms with Gasteiger partial charge in [0.25, 0.3) is 0 Å². The van der Waals surface area contributed by atoms with E-state index in [4.69, 9.17) is 11.5 Å². The van der Waals surface area contributed by atoms with Crippen molar-refractivity contribution in [3.8, 4) is 0 Å². The zero-order chi connectivity index (χ0) is 18.8. The van der Waals surface area contributed by atoms with Gasteiger partial charge in [-0.1, -0.05) is 18.2 Å². The van der Waals surface area contributed by atoms with Crippen LogP contribution in [0, 0.1) is 0 Å². The van der Waals surface area contributed by atoms with Crippen LogP contribution < -0.4 is 11.5 Å². The quantitative estimate of drug-likeness (QED) is 0.535. The van der Waals surface area contributed by atoms with E-state index in [1.54, 1.807) is 0 Å². The average molecular weight is 367 g/mol. The number of amides is 1. The van der Waals surface area contributed by atoms with Crippen molar-refractivity contribution in [3.63, 3.8) is 0 Å². The molecule has 142 valence electrons. The number of hydrogen-bond donors (Lipinski definition) is 4. The van der Waals surface area contributed by atoms with Gasteiger partial charge in [-0.05, 0) is 30.9 Å². The Hall–Kier alpha value is -2.71. The molecule has 3 aromatic rings. The number of rotatable bonds is 5. The average Bonchev–Trinajstić information content (AvgIpc) is 3.35. The minimum atomic E-state index is -0.534. The first-order valence-corrected chi connectivity index (χ1v) is 9.36. The summed E-state index contributed by atoms with van der Waals surface area (Å²) in [6.07, 6.45) is 4.16. The number of para-hydroxylation sites is 1. The predicted octanol–water partition coefficient (Wildman–Crippen LogP) is 1.02. The van der Waals surface area contributed by atoms with Gasteiger partial charge in [0.2, 0.25) is 5.91 Å². The number of carbonyl (C=O) groups excluding carboxylic acids is 1. The number of hydrogen-bond acceptors (Lipinski definition) is 5. The third kappa shape index (κ3) is 3.58. The molecule has 1 saturated heterocycles. The molecule has 3 heterocycles. The van der Waals surface area contributed by atoms with Crippen molar-refractivity contribution in [1.82, 2.24) is 25.1 Å². The highest BCUT2D eigenvalue weighted by atomic mass is 16.2. The molecule has 0 unspecified atom stereocenters. The highest BCUT2D eigenvalue weighted by Crippen LogP contribution is 2.26. The summed E-state index contributed by atoms with van der Waals surface area (Å²) in [5.74, 6) is 1.77. The molecule has 1 amide bonds. The van der Waals surface area contributed by atoms with E-state index in [9.17, 15) is 4.79 Å². The first kappa shape index (κ1) is 17.7. The predicted molar refractivity (Wildman–Crippen MR) is 103 cm³/mol. The van der Waals surface area contributed by atoms with Gasteiger partial charge in [-0.25, -0.2) is 4.98 Å². The summed E-state index contributed by atoms with van der Waals surface area (Å²) in [4.78, 5) is 22.3. The van der Waals surface area contributed by atoms with Crippen molar-refractivity contribution in [2.75, 3.05) is 13.1 Å². The fraction of sp³-hybridized carbons (Fsp3) is 0.421. The van der Waals surface area contributed by atoms with Crippen LogP contribution in [0.25, 0.3) is 10.9 Å². The molecule has 0 bridgehead atoms. The zero-order valence-corrected chi connectivity index (χ0v) is 15.2. The number of nitrogens with two attached hydrogens (primary N) is 2. The summed E-state index contributed by atoms with van der Waals surface area (Å²) in [5.41, 5.74) is 14.0. The van der Waals surface area contributed by atoms with Crippen LogP contribution in [0.3, 0.4) is 0 Å². The largest absolute Gasteiger partial charge is 0.361 e. The smallest absolute Gasteiger partial charge is 0.239 e. The number of carbonyl (C=O) groups is 1. The van der Waals surface area contributed by atoms with Crippen molar-refractivity contribution in [3.05, 3.63) is 47.7 Å². The molecule has 8 nitrogen and oxygen atoms in total. The number of nitrogens with zero attached hydrogens (tertiary/aromatic N) is 3. The van der Waals surface area contributed by atoms with Crippen molar-refractivity contribution < 1.29 is 4.79 Å². The molecule has 1 atom stereocenters. The van der Waals surface area contributed by atoms with Crippen LogP contribution in [-0.2, 0) is 17.8 Å². The van der Waals surface area contributed by atoms with Crippen LogP contribution >= 0.6 is 0 Å². The Labute approximate surface area is 157 Å². The lowest BCUT2D eigenvalue weighted by Gasteiger charge is -2.32. The molecule has 0 radical (unpaired) electrons. The molecule has 1 aromatic carbocycles. The van der Waals surface area contributed by atoms with Crippen molar-refractivity contribution in [1.29, 1.82) is 0 Å². The molecular formula is C19H25N7O. The Kier molecular flexibility index (Phi) is 4.91. The minimum absolute atomic E-state index is 0.0105. The summed E-state index contributed by atoms with van der Waals surface area (Å²) in [6.45, 7) is 1.71. The highest BCUT2D eigenvalue weighted by Gasteiger charge is 2.29. The molecule has 1 fully saturated rings. The molecular weight excluding hydrogens is 342 g/mol. The normalized spacial score (nSPS) is 16.7. The molecule has 27 heavy (non-hydrogen) atoms. The lowest BCUT2D eigenvalue weighted by molar-refractivity contribution is -0.133. The van der Waals surface area contributed by atoms with Crippen LogP contribution in [0.4, 0.5) is 0 Å². The summed E-state index contributed by atoms with van der Waals surface area (Å²) < 4.78 is 0. The molecule has 0 spiro atoms. The van der Waals surface area contributed by atoms with Crippen molar-refractivity contribution >= 4 is 16.8 Å². The Bertz CT molecular complexity index is 923. The third-order valence-corrected chi connectivity index (χ3v) is 5.35. The van der Waals surface area contributed by atoms with E-state index in [-0.39, 0.29) is 11.8 Å². The van der Waals surface area contributed by atoms with Crippen molar-refractivity contribution in [2.45, 2.75) is 37.8 Å². The summed E-state index contributed by atoms with van der Waals surface area (Å²) in [6, 6.07) is 7.53. The van der Waals surface area contributed by atoms with Crippen LogP contribution in [0.5, 0.6) is 0 Å². The van der Waals surface area contributed by atoms with E-state index in [1.165, 1.54) is 0 Å². The third-order valence-electron chi connectivity index (χ3n) is 5.35. The molecule has 2 aromatic heterocycles. The van der Waals surface area contributed by atoms with Gasteiger partial charge in [-0.3, -0.25) is 9.89 Å². The van der Waals surface area contributed by atoms with E-state index in [2.05, 4.69) is 26.2 Å². The Morgan fingerprint density at radius 2 is 2.07 bits per heavy atom. The van der Waals surface area contributed by atoms with E-state index in [1.807, 2.05) is 29.3 Å². The molecule has 6 N–H and O–H groups in total. The number of aromatic nitrogens is 4. The van der Waals surface area contributed by atoms with Gasteiger partial charge in [0, 0.05) is 36.1 Å². The number of H-pyrrole nitrogens is 2. The van der Waals surface area contributed by atoms with Gasteiger partial charge >= 0.3 is 0 Å². The summed E-state index contributed by atoms with van der Waals surface area (Å²) in [5, 5.41) is 8.23. The standard InChI is InChI=1S/C19H25N7O/c20-10-17-23-18(25-24-17)12-5-7-26(8-6-12)19(27)15(21)9-13-11-22-16-4-2-1-3-14(13)16/h1-4,11-12,15,22H,5-10,20-21H2,(H,23,24,25)/t15-/m0/s1. The fourth-order valence-electron chi connectivity index (χ4n) is 3.80. The highest BCUT2D eigenvalue weighted by molar-refractivity contribution is 5.86. The minimum Gasteiger partial charge on any atom is -0.361 e.